The lowest BCUT2D eigenvalue weighted by molar-refractivity contribution is 0.442. The molecule has 0 fully saturated rings. The normalized spacial score (nSPS) is 10.2. The molecule has 0 radical (unpaired) electrons. The highest BCUT2D eigenvalue weighted by Gasteiger charge is 2.04. The second kappa shape index (κ2) is 4.54. The smallest absolute Gasteiger partial charge is 0.165 e. The molecule has 0 saturated heterocycles. The summed E-state index contributed by atoms with van der Waals surface area (Å²) in [4.78, 5) is 0. The Morgan fingerprint density at radius 3 is 2.44 bits per heavy atom. The summed E-state index contributed by atoms with van der Waals surface area (Å²) < 4.78 is 18.8. The van der Waals surface area contributed by atoms with E-state index in [1.807, 2.05) is 6.92 Å². The molecule has 0 bridgehead atoms. The van der Waals surface area contributed by atoms with E-state index in [-0.39, 0.29) is 11.6 Å². The van der Waals surface area contributed by atoms with Gasteiger partial charge in [-0.2, -0.15) is 0 Å². The Morgan fingerprint density at radius 2 is 1.75 bits per heavy atom. The molecule has 0 heterocycles. The Labute approximate surface area is 98.4 Å². The molecule has 82 valence electrons. The molecule has 3 heteroatoms. The van der Waals surface area contributed by atoms with Crippen LogP contribution in [0.2, 0.25) is 5.02 Å². The van der Waals surface area contributed by atoms with Gasteiger partial charge in [0.05, 0.1) is 0 Å². The average Bonchev–Trinajstić information content (AvgIpc) is 2.27. The van der Waals surface area contributed by atoms with Crippen LogP contribution in [0.15, 0.2) is 42.5 Å². The highest BCUT2D eigenvalue weighted by atomic mass is 35.5. The van der Waals surface area contributed by atoms with Crippen molar-refractivity contribution in [2.45, 2.75) is 6.92 Å². The van der Waals surface area contributed by atoms with Gasteiger partial charge in [-0.25, -0.2) is 4.39 Å². The molecule has 0 saturated carbocycles. The number of benzene rings is 2. The van der Waals surface area contributed by atoms with Gasteiger partial charge in [-0.3, -0.25) is 0 Å². The van der Waals surface area contributed by atoms with Gasteiger partial charge in [0.15, 0.2) is 11.6 Å². The van der Waals surface area contributed by atoms with Crippen LogP contribution in [0.3, 0.4) is 0 Å². The zero-order valence-electron chi connectivity index (χ0n) is 8.71. The largest absolute Gasteiger partial charge is 0.454 e. The monoisotopic (exact) mass is 236 g/mol. The molecule has 2 aromatic carbocycles. The summed E-state index contributed by atoms with van der Waals surface area (Å²) in [5.41, 5.74) is 0.949. The molecule has 0 amide bonds. The molecule has 0 aliphatic heterocycles. The molecule has 0 aliphatic carbocycles. The van der Waals surface area contributed by atoms with E-state index >= 15 is 0 Å². The zero-order valence-corrected chi connectivity index (χ0v) is 9.46. The number of aryl methyl sites for hydroxylation is 1. The number of rotatable bonds is 2. The lowest BCUT2D eigenvalue weighted by atomic mass is 10.2. The SMILES string of the molecule is Cc1ccc(F)c(Oc2ccc(Cl)cc2)c1. The van der Waals surface area contributed by atoms with E-state index in [2.05, 4.69) is 0 Å². The van der Waals surface area contributed by atoms with Gasteiger partial charge < -0.3 is 4.74 Å². The van der Waals surface area contributed by atoms with Gasteiger partial charge in [0, 0.05) is 5.02 Å². The van der Waals surface area contributed by atoms with Gasteiger partial charge in [0.25, 0.3) is 0 Å². The van der Waals surface area contributed by atoms with Crippen molar-refractivity contribution in [3.63, 3.8) is 0 Å². The van der Waals surface area contributed by atoms with Crippen LogP contribution < -0.4 is 4.74 Å². The first-order valence-corrected chi connectivity index (χ1v) is 5.22. The predicted molar refractivity (Wildman–Crippen MR) is 62.7 cm³/mol. The van der Waals surface area contributed by atoms with Crippen LogP contribution >= 0.6 is 11.6 Å². The number of hydrogen-bond donors (Lipinski definition) is 0. The minimum Gasteiger partial charge on any atom is -0.454 e. The molecule has 0 aliphatic rings. The van der Waals surface area contributed by atoms with E-state index in [4.69, 9.17) is 16.3 Å². The average molecular weight is 237 g/mol. The second-order valence-electron chi connectivity index (χ2n) is 3.49. The third kappa shape index (κ3) is 2.52. The minimum absolute atomic E-state index is 0.224. The van der Waals surface area contributed by atoms with Gasteiger partial charge >= 0.3 is 0 Å². The highest BCUT2D eigenvalue weighted by molar-refractivity contribution is 6.30. The van der Waals surface area contributed by atoms with Crippen LogP contribution in [-0.2, 0) is 0 Å². The molecule has 0 atom stereocenters. The summed E-state index contributed by atoms with van der Waals surface area (Å²) in [5, 5.41) is 0.622. The predicted octanol–water partition coefficient (Wildman–Crippen LogP) is 4.58. The van der Waals surface area contributed by atoms with E-state index in [1.54, 1.807) is 36.4 Å². The van der Waals surface area contributed by atoms with Gasteiger partial charge in [0.2, 0.25) is 0 Å². The molecule has 0 unspecified atom stereocenters. The Balaban J connectivity index is 2.26. The summed E-state index contributed by atoms with van der Waals surface area (Å²) >= 11 is 5.74. The van der Waals surface area contributed by atoms with E-state index < -0.39 is 0 Å². The van der Waals surface area contributed by atoms with Crippen molar-refractivity contribution in [3.8, 4) is 11.5 Å². The van der Waals surface area contributed by atoms with Crippen LogP contribution in [0, 0.1) is 12.7 Å². The van der Waals surface area contributed by atoms with Gasteiger partial charge in [-0.15, -0.1) is 0 Å². The molecule has 0 spiro atoms. The van der Waals surface area contributed by atoms with Crippen LogP contribution in [0.4, 0.5) is 4.39 Å². The van der Waals surface area contributed by atoms with E-state index in [0.29, 0.717) is 10.8 Å². The Morgan fingerprint density at radius 1 is 1.06 bits per heavy atom. The Hall–Kier alpha value is -1.54. The van der Waals surface area contributed by atoms with Crippen molar-refractivity contribution in [3.05, 3.63) is 58.9 Å². The third-order valence-corrected chi connectivity index (χ3v) is 2.38. The van der Waals surface area contributed by atoms with Gasteiger partial charge in [0.1, 0.15) is 5.75 Å². The maximum Gasteiger partial charge on any atom is 0.165 e. The van der Waals surface area contributed by atoms with Crippen molar-refractivity contribution in [1.82, 2.24) is 0 Å². The fourth-order valence-electron chi connectivity index (χ4n) is 1.32. The number of ether oxygens (including phenoxy) is 1. The quantitative estimate of drug-likeness (QED) is 0.742. The number of halogens is 2. The molecule has 0 aromatic heterocycles. The third-order valence-electron chi connectivity index (χ3n) is 2.13. The Bertz CT molecular complexity index is 494. The zero-order chi connectivity index (χ0) is 11.5. The van der Waals surface area contributed by atoms with Crippen molar-refractivity contribution in [1.29, 1.82) is 0 Å². The fraction of sp³-hybridized carbons (Fsp3) is 0.0769. The lowest BCUT2D eigenvalue weighted by Crippen LogP contribution is -1.88. The molecule has 2 aromatic rings. The van der Waals surface area contributed by atoms with Crippen LogP contribution in [0.25, 0.3) is 0 Å². The maximum absolute atomic E-state index is 13.4. The van der Waals surface area contributed by atoms with Crippen LogP contribution in [0.1, 0.15) is 5.56 Å². The van der Waals surface area contributed by atoms with Crippen molar-refractivity contribution in [2.24, 2.45) is 0 Å². The summed E-state index contributed by atoms with van der Waals surface area (Å²) in [6, 6.07) is 11.5. The number of hydrogen-bond acceptors (Lipinski definition) is 1. The Kier molecular flexibility index (Phi) is 3.11. The van der Waals surface area contributed by atoms with Crippen molar-refractivity contribution < 1.29 is 9.13 Å². The summed E-state index contributed by atoms with van der Waals surface area (Å²) in [6.07, 6.45) is 0. The van der Waals surface area contributed by atoms with Crippen molar-refractivity contribution in [2.75, 3.05) is 0 Å². The highest BCUT2D eigenvalue weighted by Crippen LogP contribution is 2.26. The van der Waals surface area contributed by atoms with Crippen LogP contribution in [0.5, 0.6) is 11.5 Å². The lowest BCUT2D eigenvalue weighted by Gasteiger charge is -2.07. The molecular formula is C13H10ClFO. The van der Waals surface area contributed by atoms with E-state index in [1.165, 1.54) is 6.07 Å². The molecular weight excluding hydrogens is 227 g/mol. The van der Waals surface area contributed by atoms with E-state index in [0.717, 1.165) is 5.56 Å². The summed E-state index contributed by atoms with van der Waals surface area (Å²) in [7, 11) is 0. The van der Waals surface area contributed by atoms with E-state index in [9.17, 15) is 4.39 Å². The van der Waals surface area contributed by atoms with Crippen LogP contribution in [-0.4, -0.2) is 0 Å². The van der Waals surface area contributed by atoms with Gasteiger partial charge in [-0.05, 0) is 48.9 Å². The molecule has 1 nitrogen and oxygen atoms in total. The minimum atomic E-state index is -0.374. The maximum atomic E-state index is 13.4. The summed E-state index contributed by atoms with van der Waals surface area (Å²) in [5.74, 6) is 0.414. The fourth-order valence-corrected chi connectivity index (χ4v) is 1.44. The first-order chi connectivity index (χ1) is 7.65. The first kappa shape index (κ1) is 11.0. The summed E-state index contributed by atoms with van der Waals surface area (Å²) in [6.45, 7) is 1.88. The van der Waals surface area contributed by atoms with Crippen molar-refractivity contribution >= 4 is 11.6 Å². The topological polar surface area (TPSA) is 9.23 Å². The standard InChI is InChI=1S/C13H10ClFO/c1-9-2-7-12(15)13(8-9)16-11-5-3-10(14)4-6-11/h2-8H,1H3. The molecule has 0 N–H and O–H groups in total. The second-order valence-corrected chi connectivity index (χ2v) is 3.93. The van der Waals surface area contributed by atoms with Gasteiger partial charge in [-0.1, -0.05) is 17.7 Å². The molecule has 2 rings (SSSR count). The molecule has 16 heavy (non-hydrogen) atoms. The first-order valence-electron chi connectivity index (χ1n) is 4.85.